The molecule has 5 heteroatoms. The predicted molar refractivity (Wildman–Crippen MR) is 65.5 cm³/mol. The van der Waals surface area contributed by atoms with Crippen molar-refractivity contribution in [2.24, 2.45) is 0 Å². The van der Waals surface area contributed by atoms with Crippen LogP contribution in [0.2, 0.25) is 5.02 Å². The molecule has 1 fully saturated rings. The quantitative estimate of drug-likeness (QED) is 0.912. The number of aromatic nitrogens is 1. The van der Waals surface area contributed by atoms with Gasteiger partial charge in [0.15, 0.2) is 5.58 Å². The summed E-state index contributed by atoms with van der Waals surface area (Å²) in [4.78, 5) is 0. The molecule has 17 heavy (non-hydrogen) atoms. The fourth-order valence-electron chi connectivity index (χ4n) is 2.07. The van der Waals surface area contributed by atoms with E-state index < -0.39 is 0 Å². The van der Waals surface area contributed by atoms with Crippen molar-refractivity contribution < 1.29 is 9.26 Å². The van der Waals surface area contributed by atoms with E-state index in [2.05, 4.69) is 10.5 Å². The van der Waals surface area contributed by atoms with Gasteiger partial charge in [-0.05, 0) is 42.7 Å². The Hall–Kier alpha value is -1.26. The number of hydrogen-bond donors (Lipinski definition) is 1. The molecule has 0 bridgehead atoms. The van der Waals surface area contributed by atoms with E-state index in [1.165, 1.54) is 6.42 Å². The average Bonchev–Trinajstić information content (AvgIpc) is 2.94. The summed E-state index contributed by atoms with van der Waals surface area (Å²) in [6, 6.07) is 5.80. The lowest BCUT2D eigenvalue weighted by Gasteiger charge is -2.09. The molecule has 1 atom stereocenters. The van der Waals surface area contributed by atoms with E-state index in [-0.39, 0.29) is 0 Å². The molecule has 1 aromatic heterocycles. The van der Waals surface area contributed by atoms with Crippen LogP contribution in [0, 0.1) is 0 Å². The van der Waals surface area contributed by atoms with Crippen LogP contribution in [0.25, 0.3) is 11.0 Å². The fourth-order valence-corrected chi connectivity index (χ4v) is 2.24. The topological polar surface area (TPSA) is 47.3 Å². The number of halogens is 1. The van der Waals surface area contributed by atoms with Gasteiger partial charge in [0, 0.05) is 11.1 Å². The van der Waals surface area contributed by atoms with E-state index in [4.69, 9.17) is 20.9 Å². The van der Waals surface area contributed by atoms with Gasteiger partial charge in [0.1, 0.15) is 6.61 Å². The maximum atomic E-state index is 5.94. The van der Waals surface area contributed by atoms with Gasteiger partial charge in [-0.2, -0.15) is 0 Å². The number of fused-ring (bicyclic) bond motifs is 1. The zero-order chi connectivity index (χ0) is 11.7. The second-order valence-corrected chi connectivity index (χ2v) is 4.67. The number of benzene rings is 1. The van der Waals surface area contributed by atoms with Gasteiger partial charge in [-0.3, -0.25) is 0 Å². The smallest absolute Gasteiger partial charge is 0.262 e. The van der Waals surface area contributed by atoms with E-state index in [0.29, 0.717) is 29.1 Å². The molecule has 1 aliphatic heterocycles. The van der Waals surface area contributed by atoms with Crippen LogP contribution in [0.5, 0.6) is 5.88 Å². The third-order valence-electron chi connectivity index (χ3n) is 2.98. The minimum absolute atomic E-state index is 0.418. The van der Waals surface area contributed by atoms with Crippen molar-refractivity contribution in [3.8, 4) is 5.88 Å². The van der Waals surface area contributed by atoms with Crippen molar-refractivity contribution in [2.45, 2.75) is 18.9 Å². The molecule has 0 saturated carbocycles. The van der Waals surface area contributed by atoms with Gasteiger partial charge in [-0.1, -0.05) is 11.6 Å². The zero-order valence-corrected chi connectivity index (χ0v) is 10.0. The minimum atomic E-state index is 0.418. The van der Waals surface area contributed by atoms with Crippen LogP contribution >= 0.6 is 11.6 Å². The zero-order valence-electron chi connectivity index (χ0n) is 9.28. The Bertz CT molecular complexity index is 520. The van der Waals surface area contributed by atoms with Gasteiger partial charge in [-0.25, -0.2) is 0 Å². The van der Waals surface area contributed by atoms with E-state index in [9.17, 15) is 0 Å². The summed E-state index contributed by atoms with van der Waals surface area (Å²) in [5.41, 5.74) is 0.698. The normalized spacial score (nSPS) is 19.9. The molecule has 2 heterocycles. The van der Waals surface area contributed by atoms with Crippen LogP contribution in [0.15, 0.2) is 22.7 Å². The van der Waals surface area contributed by atoms with Crippen LogP contribution in [0.4, 0.5) is 0 Å². The summed E-state index contributed by atoms with van der Waals surface area (Å²) in [5.74, 6) is 0.524. The largest absolute Gasteiger partial charge is 0.473 e. The standard InChI is InChI=1S/C12H13ClN2O2/c13-8-3-4-11-10(6-8)12(15-17-11)16-7-9-2-1-5-14-9/h3-4,6,9,14H,1-2,5,7H2/t9-/m0/s1. The monoisotopic (exact) mass is 252 g/mol. The molecule has 0 radical (unpaired) electrons. The maximum absolute atomic E-state index is 5.94. The third-order valence-corrected chi connectivity index (χ3v) is 3.22. The summed E-state index contributed by atoms with van der Waals surface area (Å²) in [7, 11) is 0. The predicted octanol–water partition coefficient (Wildman–Crippen LogP) is 2.61. The van der Waals surface area contributed by atoms with Gasteiger partial charge in [0.2, 0.25) is 0 Å². The Labute approximate surface area is 104 Å². The van der Waals surface area contributed by atoms with Crippen molar-refractivity contribution in [1.82, 2.24) is 10.5 Å². The highest BCUT2D eigenvalue weighted by Gasteiger charge is 2.16. The molecule has 0 aliphatic carbocycles. The minimum Gasteiger partial charge on any atom is -0.473 e. The lowest BCUT2D eigenvalue weighted by molar-refractivity contribution is 0.254. The summed E-state index contributed by atoms with van der Waals surface area (Å²) < 4.78 is 10.8. The first-order valence-electron chi connectivity index (χ1n) is 5.74. The Morgan fingerprint density at radius 3 is 3.29 bits per heavy atom. The number of hydrogen-bond acceptors (Lipinski definition) is 4. The molecule has 0 amide bonds. The second-order valence-electron chi connectivity index (χ2n) is 4.23. The van der Waals surface area contributed by atoms with Gasteiger partial charge in [0.05, 0.1) is 5.39 Å². The van der Waals surface area contributed by atoms with Crippen LogP contribution in [0.1, 0.15) is 12.8 Å². The first-order chi connectivity index (χ1) is 8.33. The van der Waals surface area contributed by atoms with E-state index >= 15 is 0 Å². The Morgan fingerprint density at radius 1 is 1.53 bits per heavy atom. The molecule has 1 N–H and O–H groups in total. The van der Waals surface area contributed by atoms with Crippen LogP contribution in [-0.4, -0.2) is 24.4 Å². The first-order valence-corrected chi connectivity index (χ1v) is 6.12. The van der Waals surface area contributed by atoms with Gasteiger partial charge < -0.3 is 14.6 Å². The Kier molecular flexibility index (Phi) is 2.91. The number of rotatable bonds is 3. The highest BCUT2D eigenvalue weighted by atomic mass is 35.5. The van der Waals surface area contributed by atoms with Crippen molar-refractivity contribution in [1.29, 1.82) is 0 Å². The number of ether oxygens (including phenoxy) is 1. The number of nitrogens with zero attached hydrogens (tertiary/aromatic N) is 1. The van der Waals surface area contributed by atoms with Crippen molar-refractivity contribution in [3.63, 3.8) is 0 Å². The molecule has 1 saturated heterocycles. The van der Waals surface area contributed by atoms with Gasteiger partial charge in [-0.15, -0.1) is 0 Å². The summed E-state index contributed by atoms with van der Waals surface area (Å²) >= 11 is 5.94. The fraction of sp³-hybridized carbons (Fsp3) is 0.417. The van der Waals surface area contributed by atoms with Crippen LogP contribution in [-0.2, 0) is 0 Å². The Balaban J connectivity index is 1.77. The highest BCUT2D eigenvalue weighted by molar-refractivity contribution is 6.31. The van der Waals surface area contributed by atoms with E-state index in [1.54, 1.807) is 12.1 Å². The average molecular weight is 253 g/mol. The molecular formula is C12H13ClN2O2. The molecule has 90 valence electrons. The lowest BCUT2D eigenvalue weighted by Crippen LogP contribution is -2.28. The molecule has 2 aromatic rings. The molecular weight excluding hydrogens is 240 g/mol. The molecule has 1 aromatic carbocycles. The molecule has 3 rings (SSSR count). The van der Waals surface area contributed by atoms with E-state index in [0.717, 1.165) is 18.4 Å². The Morgan fingerprint density at radius 2 is 2.47 bits per heavy atom. The highest BCUT2D eigenvalue weighted by Crippen LogP contribution is 2.27. The van der Waals surface area contributed by atoms with Crippen molar-refractivity contribution >= 4 is 22.6 Å². The first kappa shape index (κ1) is 10.9. The molecule has 0 unspecified atom stereocenters. The van der Waals surface area contributed by atoms with E-state index in [1.807, 2.05) is 6.07 Å². The van der Waals surface area contributed by atoms with Crippen molar-refractivity contribution in [3.05, 3.63) is 23.2 Å². The summed E-state index contributed by atoms with van der Waals surface area (Å²) in [6.07, 6.45) is 2.36. The van der Waals surface area contributed by atoms with Gasteiger partial charge >= 0.3 is 0 Å². The van der Waals surface area contributed by atoms with Crippen LogP contribution < -0.4 is 10.1 Å². The summed E-state index contributed by atoms with van der Waals surface area (Å²) in [6.45, 7) is 1.69. The van der Waals surface area contributed by atoms with Crippen molar-refractivity contribution in [2.75, 3.05) is 13.2 Å². The molecule has 1 aliphatic rings. The SMILES string of the molecule is Clc1ccc2onc(OC[C@@H]3CCCN3)c2c1. The molecule has 0 spiro atoms. The maximum Gasteiger partial charge on any atom is 0.262 e. The summed E-state index contributed by atoms with van der Waals surface area (Å²) in [5, 5.41) is 8.77. The lowest BCUT2D eigenvalue weighted by atomic mass is 10.2. The third kappa shape index (κ3) is 2.23. The van der Waals surface area contributed by atoms with Gasteiger partial charge in [0.25, 0.3) is 5.88 Å². The second kappa shape index (κ2) is 4.55. The van der Waals surface area contributed by atoms with Crippen LogP contribution in [0.3, 0.4) is 0 Å². The molecule has 4 nitrogen and oxygen atoms in total. The number of nitrogens with one attached hydrogen (secondary N) is 1.